The fraction of sp³-hybridized carbons (Fsp3) is 0.556. The molecule has 2 rings (SSSR count). The van der Waals surface area contributed by atoms with Crippen molar-refractivity contribution >= 4 is 12.0 Å². The van der Waals surface area contributed by atoms with Gasteiger partial charge < -0.3 is 24.6 Å². The van der Waals surface area contributed by atoms with Crippen LogP contribution in [0.1, 0.15) is 5.82 Å². The zero-order valence-corrected chi connectivity index (χ0v) is 9.40. The number of carboxylic acid groups (broad SMARTS) is 1. The SMILES string of the molecule is O=C(O)C1CN(C(=O)NCc2ncon2)CCO1. The van der Waals surface area contributed by atoms with Crippen LogP contribution in [-0.2, 0) is 16.1 Å². The van der Waals surface area contributed by atoms with Crippen molar-refractivity contribution in [2.24, 2.45) is 0 Å². The number of urea groups is 1. The quantitative estimate of drug-likeness (QED) is 0.716. The van der Waals surface area contributed by atoms with Crippen LogP contribution in [0, 0.1) is 0 Å². The molecule has 0 aliphatic carbocycles. The summed E-state index contributed by atoms with van der Waals surface area (Å²) in [5.41, 5.74) is 0. The monoisotopic (exact) mass is 256 g/mol. The molecule has 1 fully saturated rings. The van der Waals surface area contributed by atoms with E-state index in [1.165, 1.54) is 4.90 Å². The second-order valence-electron chi connectivity index (χ2n) is 3.65. The molecular formula is C9H12N4O5. The summed E-state index contributed by atoms with van der Waals surface area (Å²) >= 11 is 0. The van der Waals surface area contributed by atoms with Gasteiger partial charge in [-0.1, -0.05) is 5.16 Å². The number of ether oxygens (including phenoxy) is 1. The van der Waals surface area contributed by atoms with Gasteiger partial charge in [0, 0.05) is 6.54 Å². The van der Waals surface area contributed by atoms with Crippen LogP contribution in [-0.4, -0.2) is 57.9 Å². The van der Waals surface area contributed by atoms with Crippen LogP contribution in [0.2, 0.25) is 0 Å². The minimum atomic E-state index is -1.08. The summed E-state index contributed by atoms with van der Waals surface area (Å²) in [5.74, 6) is -0.725. The Bertz CT molecular complexity index is 421. The number of aromatic nitrogens is 2. The predicted molar refractivity (Wildman–Crippen MR) is 55.5 cm³/mol. The molecule has 1 saturated heterocycles. The largest absolute Gasteiger partial charge is 0.479 e. The number of carbonyl (C=O) groups excluding carboxylic acids is 1. The first kappa shape index (κ1) is 12.3. The highest BCUT2D eigenvalue weighted by atomic mass is 16.5. The van der Waals surface area contributed by atoms with E-state index in [-0.39, 0.29) is 25.7 Å². The van der Waals surface area contributed by atoms with Crippen molar-refractivity contribution in [3.05, 3.63) is 12.2 Å². The maximum Gasteiger partial charge on any atom is 0.334 e. The van der Waals surface area contributed by atoms with Gasteiger partial charge in [0.2, 0.25) is 6.39 Å². The van der Waals surface area contributed by atoms with Crippen molar-refractivity contribution in [3.63, 3.8) is 0 Å². The fourth-order valence-electron chi connectivity index (χ4n) is 1.52. The third kappa shape index (κ3) is 2.94. The second kappa shape index (κ2) is 5.45. The lowest BCUT2D eigenvalue weighted by Gasteiger charge is -2.30. The number of rotatable bonds is 3. The number of hydrogen-bond donors (Lipinski definition) is 2. The number of aliphatic carboxylic acids is 1. The number of morpholine rings is 1. The zero-order chi connectivity index (χ0) is 13.0. The van der Waals surface area contributed by atoms with Gasteiger partial charge in [0.15, 0.2) is 11.9 Å². The zero-order valence-electron chi connectivity index (χ0n) is 9.40. The molecule has 98 valence electrons. The van der Waals surface area contributed by atoms with Crippen molar-refractivity contribution in [2.75, 3.05) is 19.7 Å². The summed E-state index contributed by atoms with van der Waals surface area (Å²) in [6.07, 6.45) is 0.186. The van der Waals surface area contributed by atoms with E-state index in [0.717, 1.165) is 6.39 Å². The van der Waals surface area contributed by atoms with Gasteiger partial charge in [0.1, 0.15) is 0 Å². The molecule has 1 aromatic rings. The van der Waals surface area contributed by atoms with Crippen LogP contribution in [0.4, 0.5) is 4.79 Å². The first-order chi connectivity index (χ1) is 8.66. The molecule has 0 spiro atoms. The Kier molecular flexibility index (Phi) is 3.72. The molecule has 9 nitrogen and oxygen atoms in total. The van der Waals surface area contributed by atoms with E-state index < -0.39 is 12.1 Å². The molecule has 18 heavy (non-hydrogen) atoms. The number of nitrogens with one attached hydrogen (secondary N) is 1. The lowest BCUT2D eigenvalue weighted by atomic mass is 10.3. The van der Waals surface area contributed by atoms with Crippen LogP contribution >= 0.6 is 0 Å². The molecule has 2 amide bonds. The van der Waals surface area contributed by atoms with Gasteiger partial charge in [-0.25, -0.2) is 9.59 Å². The van der Waals surface area contributed by atoms with Gasteiger partial charge in [0.05, 0.1) is 19.7 Å². The molecule has 1 aliphatic heterocycles. The van der Waals surface area contributed by atoms with Crippen LogP contribution < -0.4 is 5.32 Å². The van der Waals surface area contributed by atoms with E-state index in [4.69, 9.17) is 9.84 Å². The molecule has 1 unspecified atom stereocenters. The maximum absolute atomic E-state index is 11.7. The molecule has 0 bridgehead atoms. The Labute approximate surface area is 102 Å². The lowest BCUT2D eigenvalue weighted by Crippen LogP contribution is -2.51. The van der Waals surface area contributed by atoms with Crippen molar-refractivity contribution < 1.29 is 24.0 Å². The van der Waals surface area contributed by atoms with Gasteiger partial charge in [-0.15, -0.1) is 0 Å². The van der Waals surface area contributed by atoms with E-state index in [1.807, 2.05) is 0 Å². The molecule has 1 atom stereocenters. The Morgan fingerprint density at radius 2 is 2.44 bits per heavy atom. The summed E-state index contributed by atoms with van der Waals surface area (Å²) in [6, 6.07) is -0.380. The standard InChI is InChI=1S/C9H12N4O5/c14-8(15)6-4-13(1-2-17-6)9(16)10-3-7-11-5-18-12-7/h5-6H,1-4H2,(H,10,16)(H,14,15). The molecule has 2 heterocycles. The highest BCUT2D eigenvalue weighted by Gasteiger charge is 2.28. The molecule has 1 aromatic heterocycles. The topological polar surface area (TPSA) is 118 Å². The van der Waals surface area contributed by atoms with Crippen molar-refractivity contribution in [1.82, 2.24) is 20.4 Å². The number of hydrogen-bond acceptors (Lipinski definition) is 6. The lowest BCUT2D eigenvalue weighted by molar-refractivity contribution is -0.154. The van der Waals surface area contributed by atoms with Crippen LogP contribution in [0.3, 0.4) is 0 Å². The second-order valence-corrected chi connectivity index (χ2v) is 3.65. The molecule has 1 aliphatic rings. The van der Waals surface area contributed by atoms with Crippen molar-refractivity contribution in [1.29, 1.82) is 0 Å². The minimum absolute atomic E-state index is 0.0212. The third-order valence-corrected chi connectivity index (χ3v) is 2.43. The molecule has 9 heteroatoms. The molecular weight excluding hydrogens is 244 g/mol. The summed E-state index contributed by atoms with van der Waals surface area (Å²) in [6.45, 7) is 0.701. The highest BCUT2D eigenvalue weighted by molar-refractivity contribution is 5.77. The van der Waals surface area contributed by atoms with Gasteiger partial charge in [-0.05, 0) is 0 Å². The van der Waals surface area contributed by atoms with E-state index in [2.05, 4.69) is 20.0 Å². The number of nitrogens with zero attached hydrogens (tertiary/aromatic N) is 3. The van der Waals surface area contributed by atoms with E-state index in [9.17, 15) is 9.59 Å². The maximum atomic E-state index is 11.7. The average Bonchev–Trinajstić information content (AvgIpc) is 2.89. The van der Waals surface area contributed by atoms with Crippen molar-refractivity contribution in [2.45, 2.75) is 12.6 Å². The minimum Gasteiger partial charge on any atom is -0.479 e. The van der Waals surface area contributed by atoms with Crippen LogP contribution in [0.15, 0.2) is 10.9 Å². The third-order valence-electron chi connectivity index (χ3n) is 2.43. The average molecular weight is 256 g/mol. The van der Waals surface area contributed by atoms with Crippen LogP contribution in [0.5, 0.6) is 0 Å². The first-order valence-electron chi connectivity index (χ1n) is 5.29. The Morgan fingerprint density at radius 1 is 1.61 bits per heavy atom. The van der Waals surface area contributed by atoms with Crippen LogP contribution in [0.25, 0.3) is 0 Å². The molecule has 0 saturated carbocycles. The van der Waals surface area contributed by atoms with Crippen molar-refractivity contribution in [3.8, 4) is 0 Å². The summed E-state index contributed by atoms with van der Waals surface area (Å²) in [4.78, 5) is 27.6. The van der Waals surface area contributed by atoms with Gasteiger partial charge >= 0.3 is 12.0 Å². The van der Waals surface area contributed by atoms with Gasteiger partial charge in [-0.2, -0.15) is 4.98 Å². The smallest absolute Gasteiger partial charge is 0.334 e. The Morgan fingerprint density at radius 3 is 3.11 bits per heavy atom. The summed E-state index contributed by atoms with van der Waals surface area (Å²) in [5, 5.41) is 14.9. The number of carbonyl (C=O) groups is 2. The van der Waals surface area contributed by atoms with E-state index in [0.29, 0.717) is 12.4 Å². The number of carboxylic acids is 1. The van der Waals surface area contributed by atoms with E-state index in [1.54, 1.807) is 0 Å². The summed E-state index contributed by atoms with van der Waals surface area (Å²) in [7, 11) is 0. The molecule has 0 aromatic carbocycles. The molecule has 0 radical (unpaired) electrons. The Hall–Kier alpha value is -2.16. The molecule has 2 N–H and O–H groups in total. The normalized spacial score (nSPS) is 19.6. The fourth-order valence-corrected chi connectivity index (χ4v) is 1.52. The van der Waals surface area contributed by atoms with Gasteiger partial charge in [-0.3, -0.25) is 0 Å². The van der Waals surface area contributed by atoms with Gasteiger partial charge in [0.25, 0.3) is 0 Å². The summed E-state index contributed by atoms with van der Waals surface area (Å²) < 4.78 is 9.53. The number of amides is 2. The van der Waals surface area contributed by atoms with E-state index >= 15 is 0 Å². The predicted octanol–water partition coefficient (Wildman–Crippen LogP) is -0.935. The Balaban J connectivity index is 1.83. The highest BCUT2D eigenvalue weighted by Crippen LogP contribution is 2.05. The first-order valence-corrected chi connectivity index (χ1v) is 5.29.